The molecule has 0 aliphatic heterocycles. The highest BCUT2D eigenvalue weighted by atomic mass is 16.6. The lowest BCUT2D eigenvalue weighted by molar-refractivity contribution is -0.383. The molecule has 0 amide bonds. The molecule has 0 saturated heterocycles. The van der Waals surface area contributed by atoms with Gasteiger partial charge in [-0.05, 0) is 19.9 Å². The van der Waals surface area contributed by atoms with Gasteiger partial charge in [-0.2, -0.15) is 4.98 Å². The van der Waals surface area contributed by atoms with E-state index in [0.29, 0.717) is 5.58 Å². The first-order valence-electron chi connectivity index (χ1n) is 5.23. The van der Waals surface area contributed by atoms with E-state index in [4.69, 9.17) is 10.8 Å². The van der Waals surface area contributed by atoms with E-state index in [1.165, 1.54) is 6.07 Å². The number of non-ortho nitro benzene ring substituents is 1. The topological polar surface area (TPSA) is 81.2 Å². The Morgan fingerprint density at radius 2 is 2.28 bits per heavy atom. The van der Waals surface area contributed by atoms with Crippen molar-refractivity contribution in [3.63, 3.8) is 0 Å². The maximum atomic E-state index is 10.8. The van der Waals surface area contributed by atoms with Crippen molar-refractivity contribution in [1.82, 2.24) is 4.98 Å². The second-order valence-corrected chi connectivity index (χ2v) is 4.29. The van der Waals surface area contributed by atoms with Gasteiger partial charge in [-0.25, -0.2) is 0 Å². The first-order valence-corrected chi connectivity index (χ1v) is 5.23. The van der Waals surface area contributed by atoms with Gasteiger partial charge in [-0.3, -0.25) is 10.1 Å². The van der Waals surface area contributed by atoms with Crippen molar-refractivity contribution in [2.45, 2.75) is 19.4 Å². The molecular weight excluding hydrogens is 234 g/mol. The van der Waals surface area contributed by atoms with E-state index >= 15 is 0 Å². The average molecular weight is 245 g/mol. The van der Waals surface area contributed by atoms with Gasteiger partial charge in [0.25, 0.3) is 11.7 Å². The number of anilines is 1. The molecule has 2 aromatic rings. The quantitative estimate of drug-likeness (QED) is 0.510. The lowest BCUT2D eigenvalue weighted by atomic mass is 10.1. The van der Waals surface area contributed by atoms with Crippen LogP contribution in [0.2, 0.25) is 0 Å². The predicted molar refractivity (Wildman–Crippen MR) is 67.2 cm³/mol. The molecule has 0 aliphatic rings. The monoisotopic (exact) mass is 245 g/mol. The molecule has 0 unspecified atom stereocenters. The third kappa shape index (κ3) is 2.11. The van der Waals surface area contributed by atoms with Crippen LogP contribution >= 0.6 is 0 Å². The van der Waals surface area contributed by atoms with Crippen molar-refractivity contribution in [1.29, 1.82) is 0 Å². The fraction of sp³-hybridized carbons (Fsp3) is 0.250. The van der Waals surface area contributed by atoms with Crippen molar-refractivity contribution < 1.29 is 9.34 Å². The molecule has 6 heteroatoms. The Bertz CT molecular complexity index is 652. The number of oxazole rings is 1. The Balaban J connectivity index is 2.49. The van der Waals surface area contributed by atoms with Crippen molar-refractivity contribution in [3.8, 4) is 12.3 Å². The maximum absolute atomic E-state index is 10.8. The molecule has 18 heavy (non-hydrogen) atoms. The number of hydrogen-bond donors (Lipinski definition) is 1. The Kier molecular flexibility index (Phi) is 2.67. The molecule has 0 atom stereocenters. The van der Waals surface area contributed by atoms with E-state index in [9.17, 15) is 10.1 Å². The van der Waals surface area contributed by atoms with Crippen molar-refractivity contribution in [2.75, 3.05) is 5.32 Å². The van der Waals surface area contributed by atoms with Gasteiger partial charge in [0.1, 0.15) is 0 Å². The molecule has 0 aliphatic carbocycles. The SMILES string of the molecule is C#CC(C)(C)Nc1nc2c([N+](=O)[O-])cccc2o1. The molecule has 2 rings (SSSR count). The second kappa shape index (κ2) is 4.04. The summed E-state index contributed by atoms with van der Waals surface area (Å²) in [4.78, 5) is 14.4. The number of nitro benzene ring substituents is 1. The van der Waals surface area contributed by atoms with E-state index < -0.39 is 10.5 Å². The average Bonchev–Trinajstić information content (AvgIpc) is 2.69. The minimum Gasteiger partial charge on any atom is -0.423 e. The highest BCUT2D eigenvalue weighted by Gasteiger charge is 2.21. The maximum Gasteiger partial charge on any atom is 0.298 e. The molecule has 1 aromatic carbocycles. The van der Waals surface area contributed by atoms with Crippen LogP contribution in [-0.2, 0) is 0 Å². The highest BCUT2D eigenvalue weighted by Crippen LogP contribution is 2.28. The summed E-state index contributed by atoms with van der Waals surface area (Å²) in [6.07, 6.45) is 5.34. The second-order valence-electron chi connectivity index (χ2n) is 4.29. The third-order valence-corrected chi connectivity index (χ3v) is 2.37. The number of hydrogen-bond acceptors (Lipinski definition) is 5. The minimum absolute atomic E-state index is 0.0946. The van der Waals surface area contributed by atoms with Gasteiger partial charge in [0, 0.05) is 6.07 Å². The van der Waals surface area contributed by atoms with E-state index in [2.05, 4.69) is 16.2 Å². The first-order chi connectivity index (χ1) is 8.43. The van der Waals surface area contributed by atoms with Gasteiger partial charge in [0.2, 0.25) is 0 Å². The molecular formula is C12H11N3O3. The lowest BCUT2D eigenvalue weighted by Crippen LogP contribution is -2.28. The van der Waals surface area contributed by atoms with Crippen LogP contribution in [0.15, 0.2) is 22.6 Å². The minimum atomic E-state index is -0.643. The summed E-state index contributed by atoms with van der Waals surface area (Å²) in [5, 5.41) is 13.7. The predicted octanol–water partition coefficient (Wildman–Crippen LogP) is 2.56. The number of benzene rings is 1. The summed E-state index contributed by atoms with van der Waals surface area (Å²) in [6, 6.07) is 4.70. The summed E-state index contributed by atoms with van der Waals surface area (Å²) < 4.78 is 5.37. The lowest BCUT2D eigenvalue weighted by Gasteiger charge is -2.17. The van der Waals surface area contributed by atoms with E-state index in [-0.39, 0.29) is 17.2 Å². The molecule has 6 nitrogen and oxygen atoms in total. The Hall–Kier alpha value is -2.55. The van der Waals surface area contributed by atoms with Crippen LogP contribution in [0.1, 0.15) is 13.8 Å². The van der Waals surface area contributed by atoms with Crippen LogP contribution in [0.4, 0.5) is 11.7 Å². The standard InChI is InChI=1S/C12H11N3O3/c1-4-12(2,3)14-11-13-10-8(15(16)17)6-5-7-9(10)18-11/h1,5-7H,2-3H3,(H,13,14). The molecule has 0 bridgehead atoms. The van der Waals surface area contributed by atoms with Gasteiger partial charge in [-0.15, -0.1) is 6.42 Å². The molecule has 0 radical (unpaired) electrons. The third-order valence-electron chi connectivity index (χ3n) is 2.37. The Morgan fingerprint density at radius 1 is 1.56 bits per heavy atom. The molecule has 92 valence electrons. The van der Waals surface area contributed by atoms with Gasteiger partial charge in [-0.1, -0.05) is 12.0 Å². The van der Waals surface area contributed by atoms with E-state index in [1.807, 2.05) is 0 Å². The number of nitro groups is 1. The number of fused-ring (bicyclic) bond motifs is 1. The molecule has 1 aromatic heterocycles. The fourth-order valence-electron chi connectivity index (χ4n) is 1.44. The normalized spacial score (nSPS) is 11.2. The first kappa shape index (κ1) is 11.9. The fourth-order valence-corrected chi connectivity index (χ4v) is 1.44. The number of nitrogens with one attached hydrogen (secondary N) is 1. The Labute approximate surface area is 103 Å². The summed E-state index contributed by atoms with van der Waals surface area (Å²) >= 11 is 0. The molecule has 0 fully saturated rings. The molecule has 0 spiro atoms. The van der Waals surface area contributed by atoms with Crippen LogP contribution in [0.25, 0.3) is 11.1 Å². The van der Waals surface area contributed by atoms with Crippen LogP contribution in [-0.4, -0.2) is 15.4 Å². The van der Waals surface area contributed by atoms with Gasteiger partial charge in [0.05, 0.1) is 10.5 Å². The highest BCUT2D eigenvalue weighted by molar-refractivity contribution is 5.84. The van der Waals surface area contributed by atoms with Crippen LogP contribution in [0, 0.1) is 22.5 Å². The molecule has 1 N–H and O–H groups in total. The van der Waals surface area contributed by atoms with Crippen LogP contribution in [0.5, 0.6) is 0 Å². The van der Waals surface area contributed by atoms with Crippen molar-refractivity contribution >= 4 is 22.8 Å². The van der Waals surface area contributed by atoms with Crippen molar-refractivity contribution in [3.05, 3.63) is 28.3 Å². The smallest absolute Gasteiger partial charge is 0.298 e. The number of aromatic nitrogens is 1. The zero-order valence-electron chi connectivity index (χ0n) is 9.93. The van der Waals surface area contributed by atoms with E-state index in [1.54, 1.807) is 26.0 Å². The number of nitrogens with zero attached hydrogens (tertiary/aromatic N) is 2. The number of terminal acetylenes is 1. The van der Waals surface area contributed by atoms with Crippen molar-refractivity contribution in [2.24, 2.45) is 0 Å². The zero-order chi connectivity index (χ0) is 13.3. The van der Waals surface area contributed by atoms with Gasteiger partial charge >= 0.3 is 0 Å². The molecule has 1 heterocycles. The van der Waals surface area contributed by atoms with Gasteiger partial charge < -0.3 is 9.73 Å². The summed E-state index contributed by atoms with van der Waals surface area (Å²) in [5.41, 5.74) is -0.185. The van der Waals surface area contributed by atoms with E-state index in [0.717, 1.165) is 0 Å². The number of rotatable bonds is 3. The van der Waals surface area contributed by atoms with Crippen LogP contribution in [0.3, 0.4) is 0 Å². The van der Waals surface area contributed by atoms with Gasteiger partial charge in [0.15, 0.2) is 11.1 Å². The van der Waals surface area contributed by atoms with Crippen LogP contribution < -0.4 is 5.32 Å². The zero-order valence-corrected chi connectivity index (χ0v) is 9.93. The summed E-state index contributed by atoms with van der Waals surface area (Å²) in [7, 11) is 0. The number of para-hydroxylation sites is 1. The Morgan fingerprint density at radius 3 is 2.89 bits per heavy atom. The summed E-state index contributed by atoms with van der Waals surface area (Å²) in [5.74, 6) is 2.53. The molecule has 0 saturated carbocycles. The summed E-state index contributed by atoms with van der Waals surface area (Å²) in [6.45, 7) is 3.55. The largest absolute Gasteiger partial charge is 0.423 e.